The van der Waals surface area contributed by atoms with Crippen molar-refractivity contribution in [2.45, 2.75) is 18.7 Å². The molecule has 1 aromatic carbocycles. The van der Waals surface area contributed by atoms with E-state index in [9.17, 15) is 17.6 Å². The largest absolute Gasteiger partial charge is 0.396 e. The SMILES string of the molecule is Cc1cc(F)c(N)c(C)c1S(=O)(=O)N(C)CC(N)=O. The number of amides is 1. The Hall–Kier alpha value is -1.67. The van der Waals surface area contributed by atoms with Crippen LogP contribution in [0.25, 0.3) is 0 Å². The minimum absolute atomic E-state index is 0.102. The Kier molecular flexibility index (Phi) is 4.16. The van der Waals surface area contributed by atoms with E-state index < -0.39 is 28.3 Å². The number of anilines is 1. The number of likely N-dealkylation sites (N-methyl/N-ethyl adjacent to an activating group) is 1. The topological polar surface area (TPSA) is 106 Å². The molecule has 1 rings (SSSR count). The zero-order valence-corrected chi connectivity index (χ0v) is 11.7. The van der Waals surface area contributed by atoms with Gasteiger partial charge < -0.3 is 11.5 Å². The van der Waals surface area contributed by atoms with Crippen LogP contribution in [0.2, 0.25) is 0 Å². The van der Waals surface area contributed by atoms with Gasteiger partial charge in [-0.2, -0.15) is 4.31 Å². The highest BCUT2D eigenvalue weighted by Crippen LogP contribution is 2.29. The van der Waals surface area contributed by atoms with Crippen LogP contribution in [0.1, 0.15) is 11.1 Å². The van der Waals surface area contributed by atoms with Crippen LogP contribution in [0.4, 0.5) is 10.1 Å². The number of primary amides is 1. The summed E-state index contributed by atoms with van der Waals surface area (Å²) in [4.78, 5) is 10.7. The number of halogens is 1. The number of carbonyl (C=O) groups excluding carboxylic acids is 1. The molecule has 0 saturated heterocycles. The zero-order chi connectivity index (χ0) is 15.0. The van der Waals surface area contributed by atoms with Gasteiger partial charge in [-0.3, -0.25) is 4.79 Å². The van der Waals surface area contributed by atoms with Crippen LogP contribution in [0.3, 0.4) is 0 Å². The van der Waals surface area contributed by atoms with Crippen LogP contribution in [-0.2, 0) is 14.8 Å². The van der Waals surface area contributed by atoms with Gasteiger partial charge in [-0.15, -0.1) is 0 Å². The van der Waals surface area contributed by atoms with E-state index in [1.807, 2.05) is 0 Å². The lowest BCUT2D eigenvalue weighted by Crippen LogP contribution is -2.36. The van der Waals surface area contributed by atoms with Crippen molar-refractivity contribution >= 4 is 21.6 Å². The number of nitrogens with zero attached hydrogens (tertiary/aromatic N) is 1. The molecule has 106 valence electrons. The van der Waals surface area contributed by atoms with Crippen molar-refractivity contribution in [2.24, 2.45) is 5.73 Å². The van der Waals surface area contributed by atoms with E-state index in [2.05, 4.69) is 0 Å². The van der Waals surface area contributed by atoms with Gasteiger partial charge in [-0.05, 0) is 31.0 Å². The van der Waals surface area contributed by atoms with Crippen molar-refractivity contribution in [3.05, 3.63) is 23.0 Å². The van der Waals surface area contributed by atoms with Crippen LogP contribution >= 0.6 is 0 Å². The van der Waals surface area contributed by atoms with E-state index in [0.29, 0.717) is 0 Å². The van der Waals surface area contributed by atoms with Crippen LogP contribution in [0.5, 0.6) is 0 Å². The minimum atomic E-state index is -3.95. The molecule has 0 unspecified atom stereocenters. The Balaban J connectivity index is 3.46. The molecular formula is C11H16FN3O3S. The van der Waals surface area contributed by atoms with Gasteiger partial charge in [0.15, 0.2) is 0 Å². The molecule has 0 fully saturated rings. The van der Waals surface area contributed by atoms with Crippen LogP contribution in [0, 0.1) is 19.7 Å². The highest BCUT2D eigenvalue weighted by atomic mass is 32.2. The number of carbonyl (C=O) groups is 1. The van der Waals surface area contributed by atoms with Crippen molar-refractivity contribution in [3.8, 4) is 0 Å². The smallest absolute Gasteiger partial charge is 0.243 e. The predicted molar refractivity (Wildman–Crippen MR) is 69.3 cm³/mol. The van der Waals surface area contributed by atoms with E-state index in [-0.39, 0.29) is 21.7 Å². The van der Waals surface area contributed by atoms with E-state index in [4.69, 9.17) is 11.5 Å². The first-order chi connectivity index (χ1) is 8.59. The van der Waals surface area contributed by atoms with Gasteiger partial charge in [0.1, 0.15) is 5.82 Å². The minimum Gasteiger partial charge on any atom is -0.396 e. The summed E-state index contributed by atoms with van der Waals surface area (Å²) in [5.74, 6) is -1.46. The first kappa shape index (κ1) is 15.4. The molecule has 0 saturated carbocycles. The lowest BCUT2D eigenvalue weighted by molar-refractivity contribution is -0.118. The predicted octanol–water partition coefficient (Wildman–Crippen LogP) is 0.131. The van der Waals surface area contributed by atoms with Gasteiger partial charge in [0.05, 0.1) is 17.1 Å². The molecule has 19 heavy (non-hydrogen) atoms. The first-order valence-electron chi connectivity index (χ1n) is 5.38. The maximum atomic E-state index is 13.4. The molecule has 0 bridgehead atoms. The fraction of sp³-hybridized carbons (Fsp3) is 0.364. The summed E-state index contributed by atoms with van der Waals surface area (Å²) in [5.41, 5.74) is 10.6. The van der Waals surface area contributed by atoms with Gasteiger partial charge >= 0.3 is 0 Å². The van der Waals surface area contributed by atoms with Gasteiger partial charge in [0.25, 0.3) is 0 Å². The highest BCUT2D eigenvalue weighted by molar-refractivity contribution is 7.89. The van der Waals surface area contributed by atoms with Gasteiger partial charge in [-0.1, -0.05) is 0 Å². The molecule has 0 aliphatic rings. The van der Waals surface area contributed by atoms with Crippen molar-refractivity contribution in [1.82, 2.24) is 4.31 Å². The fourth-order valence-electron chi connectivity index (χ4n) is 1.79. The Labute approximate surface area is 111 Å². The molecule has 0 heterocycles. The number of rotatable bonds is 4. The Morgan fingerprint density at radius 2 is 1.95 bits per heavy atom. The van der Waals surface area contributed by atoms with Crippen LogP contribution in [0.15, 0.2) is 11.0 Å². The number of benzene rings is 1. The van der Waals surface area contributed by atoms with E-state index in [1.54, 1.807) is 0 Å². The average molecular weight is 289 g/mol. The van der Waals surface area contributed by atoms with E-state index in [1.165, 1.54) is 20.9 Å². The number of aryl methyl sites for hydroxylation is 1. The van der Waals surface area contributed by atoms with Gasteiger partial charge in [0, 0.05) is 7.05 Å². The number of hydrogen-bond donors (Lipinski definition) is 2. The summed E-state index contributed by atoms with van der Waals surface area (Å²) in [6.45, 7) is 2.41. The van der Waals surface area contributed by atoms with Crippen molar-refractivity contribution < 1.29 is 17.6 Å². The molecule has 0 spiro atoms. The van der Waals surface area contributed by atoms with E-state index in [0.717, 1.165) is 10.4 Å². The number of sulfonamides is 1. The molecule has 0 aromatic heterocycles. The molecule has 1 aromatic rings. The highest BCUT2D eigenvalue weighted by Gasteiger charge is 2.27. The summed E-state index contributed by atoms with van der Waals surface area (Å²) in [5, 5.41) is 0. The van der Waals surface area contributed by atoms with Gasteiger partial charge in [0.2, 0.25) is 15.9 Å². The summed E-state index contributed by atoms with van der Waals surface area (Å²) in [7, 11) is -2.73. The molecule has 4 N–H and O–H groups in total. The lowest BCUT2D eigenvalue weighted by Gasteiger charge is -2.19. The maximum absolute atomic E-state index is 13.4. The number of nitrogens with two attached hydrogens (primary N) is 2. The summed E-state index contributed by atoms with van der Waals surface area (Å²) in [6.07, 6.45) is 0. The quantitative estimate of drug-likeness (QED) is 0.768. The fourth-order valence-corrected chi connectivity index (χ4v) is 3.36. The Bertz CT molecular complexity index is 629. The summed E-state index contributed by atoms with van der Waals surface area (Å²) < 4.78 is 38.8. The van der Waals surface area contributed by atoms with Crippen LogP contribution < -0.4 is 11.5 Å². The molecule has 1 amide bonds. The first-order valence-corrected chi connectivity index (χ1v) is 6.82. The Morgan fingerprint density at radius 1 is 1.42 bits per heavy atom. The molecule has 8 heteroatoms. The molecular weight excluding hydrogens is 273 g/mol. The second-order valence-electron chi connectivity index (χ2n) is 4.27. The molecule has 0 atom stereocenters. The average Bonchev–Trinajstić information content (AvgIpc) is 2.24. The van der Waals surface area contributed by atoms with Crippen molar-refractivity contribution in [3.63, 3.8) is 0 Å². The molecule has 0 aliphatic heterocycles. The normalized spacial score (nSPS) is 11.8. The number of hydrogen-bond acceptors (Lipinski definition) is 4. The van der Waals surface area contributed by atoms with Gasteiger partial charge in [-0.25, -0.2) is 12.8 Å². The summed E-state index contributed by atoms with van der Waals surface area (Å²) in [6, 6.07) is 1.05. The molecule has 0 aliphatic carbocycles. The van der Waals surface area contributed by atoms with Crippen molar-refractivity contribution in [2.75, 3.05) is 19.3 Å². The number of nitrogen functional groups attached to an aromatic ring is 1. The zero-order valence-electron chi connectivity index (χ0n) is 10.9. The lowest BCUT2D eigenvalue weighted by atomic mass is 10.1. The third kappa shape index (κ3) is 2.85. The molecule has 6 nitrogen and oxygen atoms in total. The third-order valence-electron chi connectivity index (χ3n) is 2.75. The molecule has 0 radical (unpaired) electrons. The van der Waals surface area contributed by atoms with Crippen molar-refractivity contribution in [1.29, 1.82) is 0 Å². The standard InChI is InChI=1S/C11H16FN3O3S/c1-6-4-8(12)10(14)7(2)11(6)19(17,18)15(3)5-9(13)16/h4H,5,14H2,1-3H3,(H2,13,16). The monoisotopic (exact) mass is 289 g/mol. The van der Waals surface area contributed by atoms with E-state index >= 15 is 0 Å². The summed E-state index contributed by atoms with van der Waals surface area (Å²) >= 11 is 0. The van der Waals surface area contributed by atoms with Crippen LogP contribution in [-0.4, -0.2) is 32.2 Å². The third-order valence-corrected chi connectivity index (χ3v) is 4.84. The maximum Gasteiger partial charge on any atom is 0.243 e. The Morgan fingerprint density at radius 3 is 2.42 bits per heavy atom. The second-order valence-corrected chi connectivity index (χ2v) is 6.25. The second kappa shape index (κ2) is 5.14.